The molecule has 0 aromatic rings. The molecule has 4 nitrogen and oxygen atoms in total. The van der Waals surface area contributed by atoms with Crippen molar-refractivity contribution in [1.29, 1.82) is 0 Å². The smallest absolute Gasteiger partial charge is 0.230 e. The standard InChI is InChI=1S/C15H26N2O2/c1-2-5-15(6-7-16-10-15)14(19)17-11-3-4-12(17)9-13(18)8-11/h11-13,16,18H,2-10H2,1H3. The lowest BCUT2D eigenvalue weighted by Gasteiger charge is -2.42. The van der Waals surface area contributed by atoms with Gasteiger partial charge in [0.1, 0.15) is 0 Å². The van der Waals surface area contributed by atoms with Gasteiger partial charge < -0.3 is 15.3 Å². The van der Waals surface area contributed by atoms with Crippen LogP contribution in [0.5, 0.6) is 0 Å². The summed E-state index contributed by atoms with van der Waals surface area (Å²) in [5, 5.41) is 13.3. The van der Waals surface area contributed by atoms with E-state index in [1.165, 1.54) is 0 Å². The molecule has 0 radical (unpaired) electrons. The van der Waals surface area contributed by atoms with E-state index in [9.17, 15) is 9.90 Å². The minimum atomic E-state index is -0.189. The molecule has 1 amide bonds. The third-order valence-corrected chi connectivity index (χ3v) is 5.37. The van der Waals surface area contributed by atoms with E-state index in [-0.39, 0.29) is 11.5 Å². The fourth-order valence-corrected chi connectivity index (χ4v) is 4.48. The van der Waals surface area contributed by atoms with Crippen LogP contribution >= 0.6 is 0 Å². The zero-order valence-corrected chi connectivity index (χ0v) is 11.9. The van der Waals surface area contributed by atoms with Gasteiger partial charge in [-0.1, -0.05) is 13.3 Å². The quantitative estimate of drug-likeness (QED) is 0.809. The molecule has 2 N–H and O–H groups in total. The summed E-state index contributed by atoms with van der Waals surface area (Å²) >= 11 is 0. The van der Waals surface area contributed by atoms with Gasteiger partial charge in [-0.25, -0.2) is 0 Å². The van der Waals surface area contributed by atoms with Gasteiger partial charge in [0.2, 0.25) is 5.91 Å². The van der Waals surface area contributed by atoms with Crippen molar-refractivity contribution in [1.82, 2.24) is 10.2 Å². The van der Waals surface area contributed by atoms with Crippen LogP contribution in [-0.2, 0) is 4.79 Å². The Kier molecular flexibility index (Phi) is 3.56. The highest BCUT2D eigenvalue weighted by molar-refractivity contribution is 5.84. The van der Waals surface area contributed by atoms with Gasteiger partial charge in [0, 0.05) is 18.6 Å². The molecular formula is C15H26N2O2. The average Bonchev–Trinajstić information content (AvgIpc) is 2.94. The predicted molar refractivity (Wildman–Crippen MR) is 73.7 cm³/mol. The van der Waals surface area contributed by atoms with E-state index in [1.54, 1.807) is 0 Å². The van der Waals surface area contributed by atoms with E-state index in [4.69, 9.17) is 0 Å². The highest BCUT2D eigenvalue weighted by Crippen LogP contribution is 2.42. The molecule has 3 atom stereocenters. The second kappa shape index (κ2) is 5.06. The first-order chi connectivity index (χ1) is 9.16. The summed E-state index contributed by atoms with van der Waals surface area (Å²) in [5.74, 6) is 0.374. The maximum atomic E-state index is 13.1. The number of carbonyl (C=O) groups excluding carboxylic acids is 1. The Labute approximate surface area is 115 Å². The Bertz CT molecular complexity index is 338. The number of amides is 1. The van der Waals surface area contributed by atoms with Gasteiger partial charge in [-0.3, -0.25) is 4.79 Å². The average molecular weight is 266 g/mol. The Hall–Kier alpha value is -0.610. The van der Waals surface area contributed by atoms with Crippen LogP contribution in [0.15, 0.2) is 0 Å². The van der Waals surface area contributed by atoms with E-state index in [2.05, 4.69) is 17.1 Å². The van der Waals surface area contributed by atoms with Crippen LogP contribution in [0.2, 0.25) is 0 Å². The van der Waals surface area contributed by atoms with Crippen molar-refractivity contribution < 1.29 is 9.90 Å². The minimum Gasteiger partial charge on any atom is -0.393 e. The van der Waals surface area contributed by atoms with Crippen molar-refractivity contribution in [2.24, 2.45) is 5.41 Å². The highest BCUT2D eigenvalue weighted by atomic mass is 16.3. The zero-order valence-electron chi connectivity index (χ0n) is 11.9. The molecule has 0 spiro atoms. The maximum Gasteiger partial charge on any atom is 0.230 e. The van der Waals surface area contributed by atoms with Crippen molar-refractivity contribution in [3.8, 4) is 0 Å². The molecular weight excluding hydrogens is 240 g/mol. The molecule has 0 aromatic heterocycles. The summed E-state index contributed by atoms with van der Waals surface area (Å²) in [4.78, 5) is 15.2. The first kappa shape index (κ1) is 13.4. The summed E-state index contributed by atoms with van der Waals surface area (Å²) in [6, 6.07) is 0.603. The van der Waals surface area contributed by atoms with Gasteiger partial charge in [0.15, 0.2) is 0 Å². The molecule has 0 saturated carbocycles. The van der Waals surface area contributed by atoms with Crippen LogP contribution in [0.3, 0.4) is 0 Å². The number of rotatable bonds is 3. The molecule has 0 aliphatic carbocycles. The fraction of sp³-hybridized carbons (Fsp3) is 0.933. The number of piperidine rings is 1. The monoisotopic (exact) mass is 266 g/mol. The van der Waals surface area contributed by atoms with Gasteiger partial charge in [0.05, 0.1) is 11.5 Å². The molecule has 3 aliphatic heterocycles. The zero-order chi connectivity index (χ0) is 13.5. The Morgan fingerprint density at radius 1 is 1.37 bits per heavy atom. The Morgan fingerprint density at radius 2 is 2.05 bits per heavy atom. The number of carbonyl (C=O) groups is 1. The van der Waals surface area contributed by atoms with Gasteiger partial charge in [-0.2, -0.15) is 0 Å². The lowest BCUT2D eigenvalue weighted by atomic mass is 9.80. The van der Waals surface area contributed by atoms with Crippen molar-refractivity contribution in [3.63, 3.8) is 0 Å². The predicted octanol–water partition coefficient (Wildman–Crippen LogP) is 1.28. The van der Waals surface area contributed by atoms with Gasteiger partial charge in [-0.15, -0.1) is 0 Å². The molecule has 3 unspecified atom stereocenters. The minimum absolute atomic E-state index is 0.155. The summed E-state index contributed by atoms with van der Waals surface area (Å²) in [6.45, 7) is 3.98. The molecule has 0 aromatic carbocycles. The van der Waals surface area contributed by atoms with Crippen LogP contribution in [0.1, 0.15) is 51.9 Å². The number of aliphatic hydroxyl groups excluding tert-OH is 1. The molecule has 19 heavy (non-hydrogen) atoms. The summed E-state index contributed by atoms with van der Waals surface area (Å²) in [6.07, 6.45) is 6.61. The SMILES string of the molecule is CCCC1(C(=O)N2C3CCC2CC(O)C3)CCNC1. The number of nitrogens with one attached hydrogen (secondary N) is 1. The van der Waals surface area contributed by atoms with E-state index >= 15 is 0 Å². The van der Waals surface area contributed by atoms with Crippen molar-refractivity contribution in [2.75, 3.05) is 13.1 Å². The van der Waals surface area contributed by atoms with Crippen LogP contribution < -0.4 is 5.32 Å². The number of hydrogen-bond donors (Lipinski definition) is 2. The normalized spacial score (nSPS) is 41.8. The van der Waals surface area contributed by atoms with E-state index in [0.717, 1.165) is 58.0 Å². The molecule has 108 valence electrons. The third kappa shape index (κ3) is 2.19. The van der Waals surface area contributed by atoms with Crippen molar-refractivity contribution in [2.45, 2.75) is 70.1 Å². The third-order valence-electron chi connectivity index (χ3n) is 5.37. The Balaban J connectivity index is 1.79. The van der Waals surface area contributed by atoms with E-state index in [0.29, 0.717) is 18.0 Å². The molecule has 3 saturated heterocycles. The van der Waals surface area contributed by atoms with Crippen LogP contribution in [0.25, 0.3) is 0 Å². The van der Waals surface area contributed by atoms with E-state index < -0.39 is 0 Å². The number of fused-ring (bicyclic) bond motifs is 2. The van der Waals surface area contributed by atoms with Crippen molar-refractivity contribution in [3.05, 3.63) is 0 Å². The van der Waals surface area contributed by atoms with Crippen LogP contribution in [0, 0.1) is 5.41 Å². The maximum absolute atomic E-state index is 13.1. The van der Waals surface area contributed by atoms with Gasteiger partial charge in [-0.05, 0) is 45.1 Å². The highest BCUT2D eigenvalue weighted by Gasteiger charge is 2.50. The van der Waals surface area contributed by atoms with Crippen LogP contribution in [0.4, 0.5) is 0 Å². The fourth-order valence-electron chi connectivity index (χ4n) is 4.48. The molecule has 2 bridgehead atoms. The first-order valence-corrected chi connectivity index (χ1v) is 7.88. The summed E-state index contributed by atoms with van der Waals surface area (Å²) in [5.41, 5.74) is -0.155. The molecule has 3 fully saturated rings. The lowest BCUT2D eigenvalue weighted by Crippen LogP contribution is -2.54. The number of aliphatic hydroxyl groups is 1. The molecule has 3 heterocycles. The second-order valence-electron chi connectivity index (χ2n) is 6.68. The van der Waals surface area contributed by atoms with Crippen LogP contribution in [-0.4, -0.2) is 47.2 Å². The van der Waals surface area contributed by atoms with E-state index in [1.807, 2.05) is 0 Å². The molecule has 3 rings (SSSR count). The largest absolute Gasteiger partial charge is 0.393 e. The summed E-state index contributed by atoms with van der Waals surface area (Å²) in [7, 11) is 0. The second-order valence-corrected chi connectivity index (χ2v) is 6.68. The lowest BCUT2D eigenvalue weighted by molar-refractivity contribution is -0.148. The molecule has 3 aliphatic rings. The topological polar surface area (TPSA) is 52.6 Å². The number of nitrogens with zero attached hydrogens (tertiary/aromatic N) is 1. The number of hydrogen-bond acceptors (Lipinski definition) is 3. The van der Waals surface area contributed by atoms with Gasteiger partial charge in [0.25, 0.3) is 0 Å². The van der Waals surface area contributed by atoms with Gasteiger partial charge >= 0.3 is 0 Å². The van der Waals surface area contributed by atoms with Crippen molar-refractivity contribution >= 4 is 5.91 Å². The summed E-state index contributed by atoms with van der Waals surface area (Å²) < 4.78 is 0. The Morgan fingerprint density at radius 3 is 2.58 bits per heavy atom. The molecule has 4 heteroatoms. The first-order valence-electron chi connectivity index (χ1n) is 7.88.